The molecule has 1 saturated heterocycles. The zero-order valence-corrected chi connectivity index (χ0v) is 11.4. The Morgan fingerprint density at radius 2 is 2.21 bits per heavy atom. The molecular formula is C15H21FN2O. The average molecular weight is 264 g/mol. The Hall–Kier alpha value is -1.39. The molecule has 4 heteroatoms. The van der Waals surface area contributed by atoms with Crippen molar-refractivity contribution in [3.05, 3.63) is 42.2 Å². The Kier molecular flexibility index (Phi) is 4.93. The Bertz CT molecular complexity index is 430. The molecule has 1 aromatic carbocycles. The van der Waals surface area contributed by atoms with E-state index < -0.39 is 0 Å². The molecule has 0 bridgehead atoms. The maximum atomic E-state index is 13.5. The third kappa shape index (κ3) is 3.33. The van der Waals surface area contributed by atoms with Gasteiger partial charge in [-0.2, -0.15) is 0 Å². The Morgan fingerprint density at radius 1 is 1.47 bits per heavy atom. The first-order chi connectivity index (χ1) is 9.26. The fourth-order valence-corrected chi connectivity index (χ4v) is 2.53. The molecular weight excluding hydrogens is 243 g/mol. The lowest BCUT2D eigenvalue weighted by Crippen LogP contribution is -2.45. The second kappa shape index (κ2) is 6.68. The summed E-state index contributed by atoms with van der Waals surface area (Å²) < 4.78 is 18.6. The van der Waals surface area contributed by atoms with E-state index in [4.69, 9.17) is 4.74 Å². The van der Waals surface area contributed by atoms with E-state index in [9.17, 15) is 4.39 Å². The van der Waals surface area contributed by atoms with E-state index in [1.54, 1.807) is 6.07 Å². The third-order valence-electron chi connectivity index (χ3n) is 3.54. The van der Waals surface area contributed by atoms with Crippen LogP contribution in [0.1, 0.15) is 18.0 Å². The average Bonchev–Trinajstić information content (AvgIpc) is 2.46. The molecule has 1 aromatic rings. The summed E-state index contributed by atoms with van der Waals surface area (Å²) in [6, 6.07) is 5.36. The van der Waals surface area contributed by atoms with Gasteiger partial charge in [0.2, 0.25) is 0 Å². The molecule has 1 N–H and O–H groups in total. The van der Waals surface area contributed by atoms with Crippen molar-refractivity contribution in [3.8, 4) is 5.75 Å². The lowest BCUT2D eigenvalue weighted by atomic mass is 10.0. The molecule has 2 rings (SSSR count). The number of hydrogen-bond acceptors (Lipinski definition) is 3. The van der Waals surface area contributed by atoms with E-state index >= 15 is 0 Å². The molecule has 0 saturated carbocycles. The van der Waals surface area contributed by atoms with E-state index in [1.165, 1.54) is 13.2 Å². The lowest BCUT2D eigenvalue weighted by Gasteiger charge is -2.35. The molecule has 19 heavy (non-hydrogen) atoms. The van der Waals surface area contributed by atoms with E-state index in [0.29, 0.717) is 5.75 Å². The van der Waals surface area contributed by atoms with Crippen LogP contribution in [-0.4, -0.2) is 38.2 Å². The Balaban J connectivity index is 2.24. The van der Waals surface area contributed by atoms with Gasteiger partial charge in [-0.25, -0.2) is 4.39 Å². The molecule has 0 aromatic heterocycles. The molecule has 1 fully saturated rings. The van der Waals surface area contributed by atoms with E-state index in [-0.39, 0.29) is 11.9 Å². The second-order valence-electron chi connectivity index (χ2n) is 4.72. The highest BCUT2D eigenvalue weighted by Crippen LogP contribution is 2.29. The lowest BCUT2D eigenvalue weighted by molar-refractivity contribution is 0.174. The third-order valence-corrected chi connectivity index (χ3v) is 3.54. The SMILES string of the molecule is C=CC[C@H](c1ccc(F)c(OC)c1)N1CCNCC1. The molecule has 1 aliphatic rings. The quantitative estimate of drug-likeness (QED) is 0.826. The van der Waals surface area contributed by atoms with Gasteiger partial charge in [-0.3, -0.25) is 4.90 Å². The molecule has 3 nitrogen and oxygen atoms in total. The van der Waals surface area contributed by atoms with Gasteiger partial charge in [0.05, 0.1) is 7.11 Å². The molecule has 0 amide bonds. The van der Waals surface area contributed by atoms with E-state index in [2.05, 4.69) is 16.8 Å². The van der Waals surface area contributed by atoms with Crippen molar-refractivity contribution >= 4 is 0 Å². The first-order valence-corrected chi connectivity index (χ1v) is 6.65. The summed E-state index contributed by atoms with van der Waals surface area (Å²) in [5, 5.41) is 3.34. The fraction of sp³-hybridized carbons (Fsp3) is 0.467. The van der Waals surface area contributed by atoms with Crippen LogP contribution in [0.25, 0.3) is 0 Å². The van der Waals surface area contributed by atoms with Gasteiger partial charge in [0.15, 0.2) is 11.6 Å². The highest BCUT2D eigenvalue weighted by atomic mass is 19.1. The number of benzene rings is 1. The van der Waals surface area contributed by atoms with Gasteiger partial charge in [0, 0.05) is 32.2 Å². The van der Waals surface area contributed by atoms with Crippen molar-refractivity contribution in [2.24, 2.45) is 0 Å². The minimum atomic E-state index is -0.316. The van der Waals surface area contributed by atoms with Gasteiger partial charge < -0.3 is 10.1 Å². The number of rotatable bonds is 5. The Labute approximate surface area is 114 Å². The van der Waals surface area contributed by atoms with Gasteiger partial charge in [-0.15, -0.1) is 6.58 Å². The maximum absolute atomic E-state index is 13.5. The predicted molar refractivity (Wildman–Crippen MR) is 74.9 cm³/mol. The van der Waals surface area contributed by atoms with Crippen LogP contribution in [0.4, 0.5) is 4.39 Å². The highest BCUT2D eigenvalue weighted by Gasteiger charge is 2.22. The molecule has 0 unspecified atom stereocenters. The summed E-state index contributed by atoms with van der Waals surface area (Å²) in [6.07, 6.45) is 2.78. The van der Waals surface area contributed by atoms with Crippen LogP contribution >= 0.6 is 0 Å². The summed E-state index contributed by atoms with van der Waals surface area (Å²) in [7, 11) is 1.50. The molecule has 104 valence electrons. The van der Waals surface area contributed by atoms with Crippen LogP contribution in [-0.2, 0) is 0 Å². The number of piperazine rings is 1. The van der Waals surface area contributed by atoms with E-state index in [1.807, 2.05) is 12.1 Å². The monoisotopic (exact) mass is 264 g/mol. The largest absolute Gasteiger partial charge is 0.494 e. The van der Waals surface area contributed by atoms with Crippen molar-refractivity contribution in [1.82, 2.24) is 10.2 Å². The Morgan fingerprint density at radius 3 is 2.84 bits per heavy atom. The van der Waals surface area contributed by atoms with Gasteiger partial charge in [-0.1, -0.05) is 12.1 Å². The molecule has 1 heterocycles. The minimum absolute atomic E-state index is 0.245. The van der Waals surface area contributed by atoms with Crippen LogP contribution < -0.4 is 10.1 Å². The van der Waals surface area contributed by atoms with Crippen LogP contribution in [0.15, 0.2) is 30.9 Å². The summed E-state index contributed by atoms with van der Waals surface area (Å²) in [6.45, 7) is 7.81. The van der Waals surface area contributed by atoms with Gasteiger partial charge in [0.25, 0.3) is 0 Å². The van der Waals surface area contributed by atoms with Gasteiger partial charge in [-0.05, 0) is 24.1 Å². The summed E-state index contributed by atoms with van der Waals surface area (Å²) in [4.78, 5) is 2.41. The van der Waals surface area contributed by atoms with Crippen molar-refractivity contribution in [2.75, 3.05) is 33.3 Å². The highest BCUT2D eigenvalue weighted by molar-refractivity contribution is 5.32. The van der Waals surface area contributed by atoms with Gasteiger partial charge >= 0.3 is 0 Å². The number of methoxy groups -OCH3 is 1. The topological polar surface area (TPSA) is 24.5 Å². The normalized spacial score (nSPS) is 18.0. The van der Waals surface area contributed by atoms with E-state index in [0.717, 1.165) is 38.2 Å². The smallest absolute Gasteiger partial charge is 0.165 e. The number of halogens is 1. The van der Waals surface area contributed by atoms with Crippen molar-refractivity contribution in [1.29, 1.82) is 0 Å². The zero-order valence-electron chi connectivity index (χ0n) is 11.4. The molecule has 0 radical (unpaired) electrons. The number of ether oxygens (including phenoxy) is 1. The standard InChI is InChI=1S/C15H21FN2O/c1-3-4-14(18-9-7-17-8-10-18)12-5-6-13(16)15(11-12)19-2/h3,5-6,11,14,17H,1,4,7-10H2,2H3/t14-/m1/s1. The van der Waals surface area contributed by atoms with Crippen molar-refractivity contribution in [3.63, 3.8) is 0 Å². The molecule has 0 spiro atoms. The minimum Gasteiger partial charge on any atom is -0.494 e. The zero-order chi connectivity index (χ0) is 13.7. The first-order valence-electron chi connectivity index (χ1n) is 6.65. The van der Waals surface area contributed by atoms with Crippen molar-refractivity contribution < 1.29 is 9.13 Å². The van der Waals surface area contributed by atoms with Crippen molar-refractivity contribution in [2.45, 2.75) is 12.5 Å². The fourth-order valence-electron chi connectivity index (χ4n) is 2.53. The first kappa shape index (κ1) is 14.0. The van der Waals surface area contributed by atoms with Crippen LogP contribution in [0, 0.1) is 5.82 Å². The maximum Gasteiger partial charge on any atom is 0.165 e. The number of hydrogen-bond donors (Lipinski definition) is 1. The molecule has 0 aliphatic carbocycles. The second-order valence-corrected chi connectivity index (χ2v) is 4.72. The van der Waals surface area contributed by atoms with Crippen LogP contribution in [0.5, 0.6) is 5.75 Å². The number of nitrogens with zero attached hydrogens (tertiary/aromatic N) is 1. The summed E-state index contributed by atoms with van der Waals surface area (Å²) in [5.41, 5.74) is 1.08. The van der Waals surface area contributed by atoms with Crippen LogP contribution in [0.2, 0.25) is 0 Å². The summed E-state index contributed by atoms with van der Waals surface area (Å²) >= 11 is 0. The van der Waals surface area contributed by atoms with Gasteiger partial charge in [0.1, 0.15) is 0 Å². The predicted octanol–water partition coefficient (Wildman–Crippen LogP) is 2.36. The molecule has 1 aliphatic heterocycles. The molecule has 1 atom stereocenters. The summed E-state index contributed by atoms with van der Waals surface area (Å²) in [5.74, 6) is -0.00869. The van der Waals surface area contributed by atoms with Crippen LogP contribution in [0.3, 0.4) is 0 Å². The number of nitrogens with one attached hydrogen (secondary N) is 1.